The lowest BCUT2D eigenvalue weighted by atomic mass is 10.2. The second kappa shape index (κ2) is 7.22. The van der Waals surface area contributed by atoms with Gasteiger partial charge in [0.05, 0.1) is 6.61 Å². The fourth-order valence-electron chi connectivity index (χ4n) is 1.99. The third-order valence-electron chi connectivity index (χ3n) is 2.97. The molecule has 0 unspecified atom stereocenters. The quantitative estimate of drug-likeness (QED) is 0.813. The van der Waals surface area contributed by atoms with Gasteiger partial charge in [0.2, 0.25) is 11.2 Å². The molecule has 0 aliphatic heterocycles. The van der Waals surface area contributed by atoms with Crippen molar-refractivity contribution in [2.45, 2.75) is 27.2 Å². The van der Waals surface area contributed by atoms with E-state index < -0.39 is 0 Å². The Morgan fingerprint density at radius 2 is 1.90 bits per heavy atom. The van der Waals surface area contributed by atoms with Crippen molar-refractivity contribution in [2.75, 3.05) is 18.1 Å². The van der Waals surface area contributed by atoms with Crippen LogP contribution >= 0.6 is 11.6 Å². The van der Waals surface area contributed by atoms with Crippen molar-refractivity contribution in [1.29, 1.82) is 0 Å². The van der Waals surface area contributed by atoms with Gasteiger partial charge in [0.1, 0.15) is 0 Å². The first-order chi connectivity index (χ1) is 10.2. The third-order valence-corrected chi connectivity index (χ3v) is 3.14. The van der Waals surface area contributed by atoms with Gasteiger partial charge in [-0.1, -0.05) is 25.1 Å². The summed E-state index contributed by atoms with van der Waals surface area (Å²) < 4.78 is 5.46. The van der Waals surface area contributed by atoms with E-state index in [1.165, 1.54) is 0 Å². The molecule has 1 aromatic carbocycles. The number of rotatable bonds is 6. The smallest absolute Gasteiger partial charge is 0.322 e. The zero-order valence-corrected chi connectivity index (χ0v) is 13.3. The summed E-state index contributed by atoms with van der Waals surface area (Å²) in [5.74, 6) is 0.498. The molecule has 0 amide bonds. The summed E-state index contributed by atoms with van der Waals surface area (Å²) in [6, 6.07) is 8.34. The molecule has 0 aliphatic rings. The Morgan fingerprint density at radius 3 is 2.57 bits per heavy atom. The number of aryl methyl sites for hydroxylation is 1. The van der Waals surface area contributed by atoms with Gasteiger partial charge in [0.25, 0.3) is 0 Å². The fraction of sp³-hybridized carbons (Fsp3) is 0.400. The maximum atomic E-state index is 5.99. The molecule has 2 aromatic rings. The first-order valence-electron chi connectivity index (χ1n) is 7.03. The van der Waals surface area contributed by atoms with Crippen molar-refractivity contribution in [3.8, 4) is 6.01 Å². The highest BCUT2D eigenvalue weighted by Crippen LogP contribution is 2.26. The van der Waals surface area contributed by atoms with Crippen LogP contribution in [0.4, 0.5) is 11.6 Å². The lowest BCUT2D eigenvalue weighted by Gasteiger charge is -2.22. The lowest BCUT2D eigenvalue weighted by Crippen LogP contribution is -2.20. The molecule has 2 rings (SSSR count). The molecular formula is C15H19ClN4O. The first-order valence-corrected chi connectivity index (χ1v) is 7.41. The minimum Gasteiger partial charge on any atom is -0.463 e. The molecule has 0 radical (unpaired) electrons. The van der Waals surface area contributed by atoms with Gasteiger partial charge < -0.3 is 9.64 Å². The molecule has 0 spiro atoms. The van der Waals surface area contributed by atoms with E-state index in [1.54, 1.807) is 0 Å². The van der Waals surface area contributed by atoms with Gasteiger partial charge in [-0.3, -0.25) is 0 Å². The molecule has 112 valence electrons. The maximum absolute atomic E-state index is 5.99. The number of hydrogen-bond donors (Lipinski definition) is 0. The number of halogens is 1. The number of para-hydroxylation sites is 1. The predicted molar refractivity (Wildman–Crippen MR) is 84.5 cm³/mol. The average Bonchev–Trinajstić information content (AvgIpc) is 2.47. The largest absolute Gasteiger partial charge is 0.463 e. The van der Waals surface area contributed by atoms with E-state index in [1.807, 2.05) is 36.9 Å². The highest BCUT2D eigenvalue weighted by atomic mass is 35.5. The van der Waals surface area contributed by atoms with Gasteiger partial charge in [-0.15, -0.1) is 0 Å². The highest BCUT2D eigenvalue weighted by Gasteiger charge is 2.15. The summed E-state index contributed by atoms with van der Waals surface area (Å²) >= 11 is 5.99. The second-order valence-corrected chi connectivity index (χ2v) is 4.90. The topological polar surface area (TPSA) is 51.1 Å². The number of hydrogen-bond acceptors (Lipinski definition) is 5. The van der Waals surface area contributed by atoms with E-state index in [0.29, 0.717) is 12.6 Å². The van der Waals surface area contributed by atoms with Crippen molar-refractivity contribution < 1.29 is 4.74 Å². The number of benzene rings is 1. The molecule has 0 atom stereocenters. The van der Waals surface area contributed by atoms with Gasteiger partial charge >= 0.3 is 6.01 Å². The van der Waals surface area contributed by atoms with Crippen molar-refractivity contribution in [3.63, 3.8) is 0 Å². The van der Waals surface area contributed by atoms with E-state index in [9.17, 15) is 0 Å². The van der Waals surface area contributed by atoms with E-state index in [4.69, 9.17) is 16.3 Å². The van der Waals surface area contributed by atoms with Gasteiger partial charge in [0, 0.05) is 12.2 Å². The second-order valence-electron chi connectivity index (χ2n) is 4.57. The zero-order valence-electron chi connectivity index (χ0n) is 12.5. The molecule has 0 N–H and O–H groups in total. The van der Waals surface area contributed by atoms with Crippen LogP contribution in [0, 0.1) is 6.92 Å². The monoisotopic (exact) mass is 306 g/mol. The number of ether oxygens (including phenoxy) is 1. The van der Waals surface area contributed by atoms with Crippen LogP contribution in [-0.2, 0) is 0 Å². The van der Waals surface area contributed by atoms with Gasteiger partial charge in [-0.2, -0.15) is 15.0 Å². The van der Waals surface area contributed by atoms with Crippen LogP contribution in [0.1, 0.15) is 25.8 Å². The molecule has 0 aliphatic carbocycles. The van der Waals surface area contributed by atoms with E-state index in [0.717, 1.165) is 24.2 Å². The van der Waals surface area contributed by atoms with Crippen LogP contribution in [0.5, 0.6) is 6.01 Å². The highest BCUT2D eigenvalue weighted by molar-refractivity contribution is 6.28. The summed E-state index contributed by atoms with van der Waals surface area (Å²) in [5.41, 5.74) is 2.19. The number of aromatic nitrogens is 3. The normalized spacial score (nSPS) is 10.5. The molecule has 0 fully saturated rings. The summed E-state index contributed by atoms with van der Waals surface area (Å²) in [6.45, 7) is 7.38. The molecule has 1 aromatic heterocycles. The van der Waals surface area contributed by atoms with Crippen molar-refractivity contribution >= 4 is 23.2 Å². The summed E-state index contributed by atoms with van der Waals surface area (Å²) in [7, 11) is 0. The Balaban J connectivity index is 2.38. The Morgan fingerprint density at radius 1 is 1.14 bits per heavy atom. The van der Waals surface area contributed by atoms with Crippen molar-refractivity contribution in [2.24, 2.45) is 0 Å². The van der Waals surface area contributed by atoms with Crippen molar-refractivity contribution in [1.82, 2.24) is 15.0 Å². The van der Waals surface area contributed by atoms with E-state index in [-0.39, 0.29) is 11.3 Å². The standard InChI is InChI=1S/C15H19ClN4O/c1-4-10-21-15-18-13(16)17-14(19-15)20(5-2)12-9-7-6-8-11(12)3/h6-9H,4-5,10H2,1-3H3. The molecule has 21 heavy (non-hydrogen) atoms. The molecule has 0 bridgehead atoms. The SMILES string of the molecule is CCCOc1nc(Cl)nc(N(CC)c2ccccc2C)n1. The van der Waals surface area contributed by atoms with E-state index in [2.05, 4.69) is 27.9 Å². The van der Waals surface area contributed by atoms with Crippen LogP contribution in [-0.4, -0.2) is 28.1 Å². The van der Waals surface area contributed by atoms with Crippen molar-refractivity contribution in [3.05, 3.63) is 35.1 Å². The van der Waals surface area contributed by atoms with Gasteiger partial charge in [-0.25, -0.2) is 0 Å². The Bertz CT molecular complexity index is 606. The molecule has 0 saturated carbocycles. The molecule has 6 heteroatoms. The molecule has 1 heterocycles. The third kappa shape index (κ3) is 3.82. The Labute approximate surface area is 130 Å². The average molecular weight is 307 g/mol. The lowest BCUT2D eigenvalue weighted by molar-refractivity contribution is 0.291. The molecule has 5 nitrogen and oxygen atoms in total. The summed E-state index contributed by atoms with van der Waals surface area (Å²) in [6.07, 6.45) is 0.883. The summed E-state index contributed by atoms with van der Waals surface area (Å²) in [5, 5.41) is 0.137. The molecular weight excluding hydrogens is 288 g/mol. The molecule has 0 saturated heterocycles. The minimum atomic E-state index is 0.137. The van der Waals surface area contributed by atoms with Gasteiger partial charge in [0.15, 0.2) is 0 Å². The predicted octanol–water partition coefficient (Wildman–Crippen LogP) is 3.78. The van der Waals surface area contributed by atoms with E-state index >= 15 is 0 Å². The van der Waals surface area contributed by atoms with Crippen LogP contribution in [0.2, 0.25) is 5.28 Å². The van der Waals surface area contributed by atoms with Crippen LogP contribution in [0.25, 0.3) is 0 Å². The maximum Gasteiger partial charge on any atom is 0.322 e. The zero-order chi connectivity index (χ0) is 15.2. The van der Waals surface area contributed by atoms with Crippen LogP contribution < -0.4 is 9.64 Å². The first kappa shape index (κ1) is 15.5. The van der Waals surface area contributed by atoms with Crippen LogP contribution in [0.15, 0.2) is 24.3 Å². The minimum absolute atomic E-state index is 0.137. The Hall–Kier alpha value is -1.88. The Kier molecular flexibility index (Phi) is 5.33. The van der Waals surface area contributed by atoms with Crippen LogP contribution in [0.3, 0.4) is 0 Å². The number of nitrogens with zero attached hydrogens (tertiary/aromatic N) is 4. The fourth-order valence-corrected chi connectivity index (χ4v) is 2.13. The summed E-state index contributed by atoms with van der Waals surface area (Å²) in [4.78, 5) is 14.6. The number of anilines is 2. The van der Waals surface area contributed by atoms with Gasteiger partial charge in [-0.05, 0) is 43.5 Å².